The van der Waals surface area contributed by atoms with Gasteiger partial charge in [-0.1, -0.05) is 13.8 Å². The summed E-state index contributed by atoms with van der Waals surface area (Å²) in [7, 11) is -3.80. The van der Waals surface area contributed by atoms with Crippen molar-refractivity contribution in [3.63, 3.8) is 0 Å². The molecule has 9 heteroatoms. The Labute approximate surface area is 141 Å². The first-order valence-electron chi connectivity index (χ1n) is 7.79. The Hall–Kier alpha value is -1.87. The van der Waals surface area contributed by atoms with Gasteiger partial charge < -0.3 is 14.5 Å². The Bertz CT molecular complexity index is 662. The summed E-state index contributed by atoms with van der Waals surface area (Å²) in [6.45, 7) is 4.13. The van der Waals surface area contributed by atoms with Crippen molar-refractivity contribution in [1.82, 2.24) is 10.0 Å². The van der Waals surface area contributed by atoms with Crippen molar-refractivity contribution >= 4 is 21.8 Å². The van der Waals surface area contributed by atoms with Crippen molar-refractivity contribution in [3.8, 4) is 0 Å². The molecule has 0 radical (unpaired) electrons. The molecule has 0 aromatic carbocycles. The number of ether oxygens (including phenoxy) is 1. The lowest BCUT2D eigenvalue weighted by Crippen LogP contribution is -2.53. The summed E-state index contributed by atoms with van der Waals surface area (Å²) in [6.07, 6.45) is 2.02. The van der Waals surface area contributed by atoms with Gasteiger partial charge in [0.15, 0.2) is 5.76 Å². The minimum absolute atomic E-state index is 0.0562. The third-order valence-electron chi connectivity index (χ3n) is 3.83. The summed E-state index contributed by atoms with van der Waals surface area (Å²) >= 11 is 0. The Kier molecular flexibility index (Phi) is 6.00. The number of hydrogen-bond donors (Lipinski definition) is 2. The van der Waals surface area contributed by atoms with Gasteiger partial charge in [-0.05, 0) is 30.9 Å². The van der Waals surface area contributed by atoms with E-state index in [2.05, 4.69) is 10.0 Å². The lowest BCUT2D eigenvalue weighted by Gasteiger charge is -2.25. The van der Waals surface area contributed by atoms with Crippen molar-refractivity contribution in [2.45, 2.75) is 38.0 Å². The molecule has 2 amide bonds. The van der Waals surface area contributed by atoms with Crippen molar-refractivity contribution in [1.29, 1.82) is 0 Å². The van der Waals surface area contributed by atoms with E-state index in [0.717, 1.165) is 0 Å². The highest BCUT2D eigenvalue weighted by Crippen LogP contribution is 2.15. The van der Waals surface area contributed by atoms with Crippen LogP contribution in [0, 0.1) is 5.92 Å². The lowest BCUT2D eigenvalue weighted by molar-refractivity contribution is -0.122. The lowest BCUT2D eigenvalue weighted by atomic mass is 10.0. The highest BCUT2D eigenvalue weighted by molar-refractivity contribution is 7.90. The van der Waals surface area contributed by atoms with Crippen LogP contribution in [0.1, 0.15) is 37.2 Å². The van der Waals surface area contributed by atoms with Gasteiger partial charge in [0.25, 0.3) is 11.8 Å². The minimum Gasteiger partial charge on any atom is -0.459 e. The van der Waals surface area contributed by atoms with Crippen LogP contribution < -0.4 is 10.0 Å². The molecule has 0 bridgehead atoms. The second-order valence-corrected chi connectivity index (χ2v) is 7.96. The number of furan rings is 1. The van der Waals surface area contributed by atoms with Crippen molar-refractivity contribution < 1.29 is 27.2 Å². The van der Waals surface area contributed by atoms with Crippen molar-refractivity contribution in [2.75, 3.05) is 13.2 Å². The van der Waals surface area contributed by atoms with Crippen LogP contribution in [0.4, 0.5) is 0 Å². The zero-order valence-corrected chi connectivity index (χ0v) is 14.5. The predicted octanol–water partition coefficient (Wildman–Crippen LogP) is 0.659. The van der Waals surface area contributed by atoms with Crippen molar-refractivity contribution in [2.24, 2.45) is 5.92 Å². The van der Waals surface area contributed by atoms with Gasteiger partial charge in [0.2, 0.25) is 10.0 Å². The zero-order chi connectivity index (χ0) is 17.7. The minimum atomic E-state index is -3.80. The molecule has 134 valence electrons. The fraction of sp³-hybridized carbons (Fsp3) is 0.600. The van der Waals surface area contributed by atoms with Gasteiger partial charge in [0.1, 0.15) is 6.04 Å². The molecule has 2 N–H and O–H groups in total. The fourth-order valence-electron chi connectivity index (χ4n) is 2.43. The molecule has 2 rings (SSSR count). The molecule has 1 atom stereocenters. The topological polar surface area (TPSA) is 115 Å². The van der Waals surface area contributed by atoms with Gasteiger partial charge in [-0.15, -0.1) is 0 Å². The number of nitrogens with one attached hydrogen (secondary N) is 2. The van der Waals surface area contributed by atoms with Gasteiger partial charge in [0, 0.05) is 13.2 Å². The van der Waals surface area contributed by atoms with Crippen LogP contribution in [-0.4, -0.2) is 44.7 Å². The smallest absolute Gasteiger partial charge is 0.287 e. The van der Waals surface area contributed by atoms with Gasteiger partial charge >= 0.3 is 0 Å². The number of rotatable bonds is 6. The second kappa shape index (κ2) is 7.80. The van der Waals surface area contributed by atoms with Crippen LogP contribution in [0.2, 0.25) is 0 Å². The van der Waals surface area contributed by atoms with E-state index in [0.29, 0.717) is 26.1 Å². The first kappa shape index (κ1) is 18.5. The third-order valence-corrected chi connectivity index (χ3v) is 5.67. The quantitative estimate of drug-likeness (QED) is 0.772. The van der Waals surface area contributed by atoms with Gasteiger partial charge in [-0.3, -0.25) is 14.3 Å². The van der Waals surface area contributed by atoms with E-state index < -0.39 is 33.1 Å². The maximum atomic E-state index is 12.4. The van der Waals surface area contributed by atoms with Crippen LogP contribution >= 0.6 is 0 Å². The maximum absolute atomic E-state index is 12.4. The monoisotopic (exact) mass is 358 g/mol. The Morgan fingerprint density at radius 2 is 1.92 bits per heavy atom. The first-order chi connectivity index (χ1) is 11.3. The van der Waals surface area contributed by atoms with Crippen LogP contribution in [0.15, 0.2) is 22.8 Å². The van der Waals surface area contributed by atoms with Crippen LogP contribution in [0.25, 0.3) is 0 Å². The number of carbonyl (C=O) groups excluding carboxylic acids is 2. The predicted molar refractivity (Wildman–Crippen MR) is 85.7 cm³/mol. The van der Waals surface area contributed by atoms with E-state index in [1.807, 2.05) is 0 Å². The third kappa shape index (κ3) is 4.57. The summed E-state index contributed by atoms with van der Waals surface area (Å²) in [5.41, 5.74) is 0. The molecule has 1 aromatic rings. The molecule has 0 aliphatic carbocycles. The van der Waals surface area contributed by atoms with E-state index in [4.69, 9.17) is 9.15 Å². The number of amides is 2. The van der Waals surface area contributed by atoms with Gasteiger partial charge in [-0.25, -0.2) is 8.42 Å². The summed E-state index contributed by atoms with van der Waals surface area (Å²) in [5.74, 6) is -1.57. The molecule has 1 fully saturated rings. The van der Waals surface area contributed by atoms with E-state index in [-0.39, 0.29) is 11.7 Å². The van der Waals surface area contributed by atoms with Crippen LogP contribution in [0.5, 0.6) is 0 Å². The largest absolute Gasteiger partial charge is 0.459 e. The normalized spacial score (nSPS) is 17.5. The molecule has 0 saturated carbocycles. The Morgan fingerprint density at radius 3 is 2.46 bits per heavy atom. The van der Waals surface area contributed by atoms with Crippen LogP contribution in [-0.2, 0) is 19.6 Å². The molecule has 1 aliphatic heterocycles. The Morgan fingerprint density at radius 1 is 1.25 bits per heavy atom. The average Bonchev–Trinajstić information content (AvgIpc) is 3.07. The molecule has 0 unspecified atom stereocenters. The molecule has 2 heterocycles. The molecule has 0 spiro atoms. The van der Waals surface area contributed by atoms with Gasteiger partial charge in [0.05, 0.1) is 11.5 Å². The van der Waals surface area contributed by atoms with Crippen molar-refractivity contribution in [3.05, 3.63) is 24.2 Å². The Balaban J connectivity index is 2.04. The first-order valence-corrected chi connectivity index (χ1v) is 9.33. The van der Waals surface area contributed by atoms with E-state index in [1.54, 1.807) is 19.9 Å². The molecular formula is C15H22N2O6S. The molecule has 24 heavy (non-hydrogen) atoms. The zero-order valence-electron chi connectivity index (χ0n) is 13.7. The number of sulfonamides is 1. The SMILES string of the molecule is CC(C)[C@H](NC(=O)c1ccco1)C(=O)NS(=O)(=O)C1CCOCC1. The number of carbonyl (C=O) groups is 2. The standard InChI is InChI=1S/C15H22N2O6S/c1-10(2)13(16-14(18)12-4-3-7-23-12)15(19)17-24(20,21)11-5-8-22-9-6-11/h3-4,7,10-11,13H,5-6,8-9H2,1-2H3,(H,16,18)(H,17,19)/t13-/m0/s1. The summed E-state index contributed by atoms with van der Waals surface area (Å²) in [5, 5.41) is 1.85. The summed E-state index contributed by atoms with van der Waals surface area (Å²) in [4.78, 5) is 24.4. The number of hydrogen-bond acceptors (Lipinski definition) is 6. The molecular weight excluding hydrogens is 336 g/mol. The van der Waals surface area contributed by atoms with E-state index >= 15 is 0 Å². The van der Waals surface area contributed by atoms with Gasteiger partial charge in [-0.2, -0.15) is 0 Å². The molecule has 8 nitrogen and oxygen atoms in total. The van der Waals surface area contributed by atoms with E-state index in [9.17, 15) is 18.0 Å². The summed E-state index contributed by atoms with van der Waals surface area (Å²) in [6, 6.07) is 2.02. The molecule has 1 aromatic heterocycles. The second-order valence-electron chi connectivity index (χ2n) is 6.00. The average molecular weight is 358 g/mol. The molecule has 1 aliphatic rings. The van der Waals surface area contributed by atoms with Crippen LogP contribution in [0.3, 0.4) is 0 Å². The fourth-order valence-corrected chi connectivity index (χ4v) is 3.82. The summed E-state index contributed by atoms with van der Waals surface area (Å²) < 4.78 is 36.8. The molecule has 1 saturated heterocycles. The highest BCUT2D eigenvalue weighted by Gasteiger charge is 2.33. The highest BCUT2D eigenvalue weighted by atomic mass is 32.2. The maximum Gasteiger partial charge on any atom is 0.287 e. The van der Waals surface area contributed by atoms with E-state index in [1.165, 1.54) is 12.3 Å².